The van der Waals surface area contributed by atoms with Gasteiger partial charge in [-0.25, -0.2) is 4.98 Å². The number of halogens is 1. The van der Waals surface area contributed by atoms with Gasteiger partial charge in [-0.2, -0.15) is 5.10 Å². The zero-order valence-electron chi connectivity index (χ0n) is 11.0. The predicted molar refractivity (Wildman–Crippen MR) is 92.9 cm³/mol. The summed E-state index contributed by atoms with van der Waals surface area (Å²) in [5, 5.41) is 7.02. The average molecular weight is 358 g/mol. The molecule has 0 saturated heterocycles. The van der Waals surface area contributed by atoms with Crippen LogP contribution in [0.2, 0.25) is 0 Å². The van der Waals surface area contributed by atoms with Crippen LogP contribution < -0.4 is 5.43 Å². The normalized spacial score (nSPS) is 10.9. The van der Waals surface area contributed by atoms with Gasteiger partial charge >= 0.3 is 0 Å². The van der Waals surface area contributed by atoms with Gasteiger partial charge in [-0.1, -0.05) is 64.5 Å². The highest BCUT2D eigenvalue weighted by atomic mass is 79.9. The van der Waals surface area contributed by atoms with E-state index in [2.05, 4.69) is 31.4 Å². The molecule has 0 saturated carbocycles. The quantitative estimate of drug-likeness (QED) is 0.525. The summed E-state index contributed by atoms with van der Waals surface area (Å²) in [5.41, 5.74) is 6.05. The highest BCUT2D eigenvalue weighted by Gasteiger charge is 2.02. The van der Waals surface area contributed by atoms with E-state index >= 15 is 0 Å². The van der Waals surface area contributed by atoms with Crippen LogP contribution in [0.5, 0.6) is 0 Å². The van der Waals surface area contributed by atoms with Crippen LogP contribution in [-0.4, -0.2) is 11.2 Å². The summed E-state index contributed by atoms with van der Waals surface area (Å²) in [7, 11) is 0. The number of anilines is 1. The highest BCUT2D eigenvalue weighted by molar-refractivity contribution is 9.10. The minimum absolute atomic E-state index is 0.775. The maximum absolute atomic E-state index is 4.52. The fourth-order valence-corrected chi connectivity index (χ4v) is 2.86. The van der Waals surface area contributed by atoms with Crippen molar-refractivity contribution in [2.24, 2.45) is 5.10 Å². The van der Waals surface area contributed by atoms with Gasteiger partial charge in [0, 0.05) is 21.0 Å². The summed E-state index contributed by atoms with van der Waals surface area (Å²) in [6, 6.07) is 18.0. The van der Waals surface area contributed by atoms with E-state index in [0.29, 0.717) is 0 Å². The molecule has 1 heterocycles. The van der Waals surface area contributed by atoms with Crippen LogP contribution in [0.25, 0.3) is 11.3 Å². The van der Waals surface area contributed by atoms with Crippen LogP contribution >= 0.6 is 27.3 Å². The Hall–Kier alpha value is -1.98. The Balaban J connectivity index is 1.70. The first-order valence-electron chi connectivity index (χ1n) is 6.37. The number of nitrogens with zero attached hydrogens (tertiary/aromatic N) is 2. The van der Waals surface area contributed by atoms with Crippen molar-refractivity contribution in [2.45, 2.75) is 0 Å². The van der Waals surface area contributed by atoms with Gasteiger partial charge in [0.2, 0.25) is 5.13 Å². The van der Waals surface area contributed by atoms with Crippen molar-refractivity contribution in [3.63, 3.8) is 0 Å². The van der Waals surface area contributed by atoms with Crippen LogP contribution in [0.4, 0.5) is 5.13 Å². The molecule has 1 aromatic heterocycles. The van der Waals surface area contributed by atoms with E-state index in [0.717, 1.165) is 26.4 Å². The highest BCUT2D eigenvalue weighted by Crippen LogP contribution is 2.24. The molecule has 0 aliphatic rings. The third kappa shape index (κ3) is 3.56. The second kappa shape index (κ2) is 6.65. The Morgan fingerprint density at radius 1 is 1.05 bits per heavy atom. The Morgan fingerprint density at radius 3 is 2.62 bits per heavy atom. The monoisotopic (exact) mass is 357 g/mol. The van der Waals surface area contributed by atoms with E-state index < -0.39 is 0 Å². The van der Waals surface area contributed by atoms with Crippen molar-refractivity contribution < 1.29 is 0 Å². The molecule has 0 atom stereocenters. The third-order valence-electron chi connectivity index (χ3n) is 2.84. The lowest BCUT2D eigenvalue weighted by molar-refractivity contribution is 1.29. The molecule has 3 nitrogen and oxygen atoms in total. The lowest BCUT2D eigenvalue weighted by atomic mass is 10.2. The lowest BCUT2D eigenvalue weighted by Gasteiger charge is -1.97. The standard InChI is InChI=1S/C16H12BrN3S/c17-14-9-5-4-8-13(14)10-18-20-16-19-15(11-21-16)12-6-2-1-3-7-12/h1-11H,(H,19,20). The number of thiazole rings is 1. The first kappa shape index (κ1) is 14.0. The summed E-state index contributed by atoms with van der Waals surface area (Å²) >= 11 is 5.02. The second-order valence-electron chi connectivity index (χ2n) is 4.30. The fraction of sp³-hybridized carbons (Fsp3) is 0. The van der Waals surface area contributed by atoms with Gasteiger partial charge in [0.25, 0.3) is 0 Å². The average Bonchev–Trinajstić information content (AvgIpc) is 2.99. The summed E-state index contributed by atoms with van der Waals surface area (Å²) in [4.78, 5) is 4.52. The largest absolute Gasteiger partial charge is 0.253 e. The van der Waals surface area contributed by atoms with Gasteiger partial charge in [0.05, 0.1) is 11.9 Å². The number of hydrazone groups is 1. The molecule has 0 aliphatic carbocycles. The van der Waals surface area contributed by atoms with Crippen LogP contribution in [0.3, 0.4) is 0 Å². The van der Waals surface area contributed by atoms with Crippen molar-refractivity contribution in [2.75, 3.05) is 5.43 Å². The smallest absolute Gasteiger partial charge is 0.203 e. The van der Waals surface area contributed by atoms with Crippen LogP contribution in [0, 0.1) is 0 Å². The SMILES string of the molecule is Brc1ccccc1C=NNc1nc(-c2ccccc2)cs1. The van der Waals surface area contributed by atoms with E-state index in [9.17, 15) is 0 Å². The molecule has 0 fully saturated rings. The molecule has 5 heteroatoms. The Kier molecular flexibility index (Phi) is 4.43. The summed E-state index contributed by atoms with van der Waals surface area (Å²) in [6.45, 7) is 0. The molecule has 0 spiro atoms. The molecule has 21 heavy (non-hydrogen) atoms. The number of nitrogens with one attached hydrogen (secondary N) is 1. The van der Waals surface area contributed by atoms with Gasteiger partial charge in [-0.15, -0.1) is 11.3 Å². The van der Waals surface area contributed by atoms with Crippen molar-refractivity contribution in [1.29, 1.82) is 0 Å². The number of benzene rings is 2. The minimum atomic E-state index is 0.775. The van der Waals surface area contributed by atoms with Gasteiger partial charge in [0.15, 0.2) is 0 Å². The van der Waals surface area contributed by atoms with Crippen LogP contribution in [0.1, 0.15) is 5.56 Å². The Labute approximate surface area is 135 Å². The second-order valence-corrected chi connectivity index (χ2v) is 6.01. The molecule has 0 unspecified atom stereocenters. The molecule has 1 N–H and O–H groups in total. The van der Waals surface area contributed by atoms with E-state index in [1.54, 1.807) is 6.21 Å². The van der Waals surface area contributed by atoms with E-state index in [1.165, 1.54) is 11.3 Å². The van der Waals surface area contributed by atoms with Crippen molar-refractivity contribution in [3.05, 3.63) is 70.0 Å². The molecule has 0 bridgehead atoms. The van der Waals surface area contributed by atoms with Gasteiger partial charge in [-0.3, -0.25) is 5.43 Å². The first-order valence-corrected chi connectivity index (χ1v) is 8.05. The fourth-order valence-electron chi connectivity index (χ4n) is 1.80. The molecular formula is C16H12BrN3S. The summed E-state index contributed by atoms with van der Waals surface area (Å²) in [5.74, 6) is 0. The van der Waals surface area contributed by atoms with E-state index in [-0.39, 0.29) is 0 Å². The predicted octanol–water partition coefficient (Wildman–Crippen LogP) is 5.02. The maximum Gasteiger partial charge on any atom is 0.203 e. The molecule has 0 radical (unpaired) electrons. The van der Waals surface area contributed by atoms with Crippen LogP contribution in [-0.2, 0) is 0 Å². The van der Waals surface area contributed by atoms with E-state index in [4.69, 9.17) is 0 Å². The zero-order chi connectivity index (χ0) is 14.5. The van der Waals surface area contributed by atoms with E-state index in [1.807, 2.05) is 60.0 Å². The molecule has 3 aromatic rings. The van der Waals surface area contributed by atoms with Gasteiger partial charge in [-0.05, 0) is 6.07 Å². The number of aromatic nitrogens is 1. The Morgan fingerprint density at radius 2 is 1.81 bits per heavy atom. The van der Waals surface area contributed by atoms with Gasteiger partial charge in [0.1, 0.15) is 0 Å². The summed E-state index contributed by atoms with van der Waals surface area (Å²) in [6.07, 6.45) is 1.77. The molecular weight excluding hydrogens is 346 g/mol. The number of rotatable bonds is 4. The molecule has 0 aliphatic heterocycles. The molecule has 104 valence electrons. The molecule has 3 rings (SSSR count). The number of hydrogen-bond donors (Lipinski definition) is 1. The lowest BCUT2D eigenvalue weighted by Crippen LogP contribution is -1.90. The first-order chi connectivity index (χ1) is 10.3. The third-order valence-corrected chi connectivity index (χ3v) is 4.31. The van der Waals surface area contributed by atoms with Crippen molar-refractivity contribution >= 4 is 38.6 Å². The van der Waals surface area contributed by atoms with Crippen molar-refractivity contribution in [1.82, 2.24) is 4.98 Å². The topological polar surface area (TPSA) is 37.3 Å². The summed E-state index contributed by atoms with van der Waals surface area (Å²) < 4.78 is 1.01. The molecule has 0 amide bonds. The van der Waals surface area contributed by atoms with Crippen molar-refractivity contribution in [3.8, 4) is 11.3 Å². The number of hydrogen-bond acceptors (Lipinski definition) is 4. The maximum atomic E-state index is 4.52. The zero-order valence-corrected chi connectivity index (χ0v) is 13.4. The Bertz CT molecular complexity index is 753. The molecule has 2 aromatic carbocycles. The minimum Gasteiger partial charge on any atom is -0.253 e. The van der Waals surface area contributed by atoms with Crippen LogP contribution in [0.15, 0.2) is 69.6 Å². The van der Waals surface area contributed by atoms with Gasteiger partial charge < -0.3 is 0 Å².